The molecule has 6 heteroatoms. The molecule has 11 aromatic rings. The Balaban J connectivity index is 0.977. The second-order valence-corrected chi connectivity index (χ2v) is 14.9. The molecule has 0 spiro atoms. The summed E-state index contributed by atoms with van der Waals surface area (Å²) in [4.78, 5) is 25.3. The minimum absolute atomic E-state index is 0.600. The zero-order chi connectivity index (χ0) is 40.5. The lowest BCUT2D eigenvalue weighted by molar-refractivity contribution is 0.669. The normalized spacial score (nSPS) is 11.3. The fraction of sp³-hybridized carbons (Fsp3) is 0. The first kappa shape index (κ1) is 35.8. The predicted octanol–water partition coefficient (Wildman–Crippen LogP) is 13.9. The highest BCUT2D eigenvalue weighted by Gasteiger charge is 2.16. The van der Waals surface area contributed by atoms with Crippen LogP contribution in [-0.2, 0) is 0 Å². The number of para-hydroxylation sites is 1. The van der Waals surface area contributed by atoms with Gasteiger partial charge < -0.3 is 4.42 Å². The zero-order valence-electron chi connectivity index (χ0n) is 32.9. The molecule has 0 amide bonds. The van der Waals surface area contributed by atoms with E-state index in [0.29, 0.717) is 23.3 Å². The van der Waals surface area contributed by atoms with Crippen LogP contribution in [0.5, 0.6) is 0 Å². The van der Waals surface area contributed by atoms with Crippen molar-refractivity contribution >= 4 is 21.9 Å². The maximum atomic E-state index is 6.26. The second kappa shape index (κ2) is 15.4. The molecule has 0 saturated carbocycles. The van der Waals surface area contributed by atoms with Gasteiger partial charge in [-0.05, 0) is 58.7 Å². The Morgan fingerprint density at radius 3 is 1.33 bits per heavy atom. The molecule has 0 aliphatic heterocycles. The summed E-state index contributed by atoms with van der Waals surface area (Å²) in [6.45, 7) is 0. The molecule has 0 fully saturated rings. The molecule has 3 heterocycles. The Bertz CT molecular complexity index is 3350. The van der Waals surface area contributed by atoms with Gasteiger partial charge in [0.05, 0.1) is 11.4 Å². The number of hydrogen-bond donors (Lipinski definition) is 0. The fourth-order valence-corrected chi connectivity index (χ4v) is 7.83. The van der Waals surface area contributed by atoms with Crippen molar-refractivity contribution in [3.8, 4) is 90.3 Å². The van der Waals surface area contributed by atoms with Gasteiger partial charge in [0, 0.05) is 44.2 Å². The van der Waals surface area contributed by atoms with Crippen LogP contribution in [0.3, 0.4) is 0 Å². The molecule has 0 N–H and O–H groups in total. The minimum atomic E-state index is 0.600. The van der Waals surface area contributed by atoms with Crippen LogP contribution >= 0.6 is 0 Å². The highest BCUT2D eigenvalue weighted by molar-refractivity contribution is 6.05. The van der Waals surface area contributed by atoms with Gasteiger partial charge in [-0.25, -0.2) is 24.9 Å². The summed E-state index contributed by atoms with van der Waals surface area (Å²) in [7, 11) is 0. The molecular weight excluding hydrogens is 747 g/mol. The molecule has 61 heavy (non-hydrogen) atoms. The lowest BCUT2D eigenvalue weighted by Gasteiger charge is -2.12. The van der Waals surface area contributed by atoms with Gasteiger partial charge in [-0.15, -0.1) is 0 Å². The molecule has 0 bridgehead atoms. The number of fused-ring (bicyclic) bond motifs is 3. The lowest BCUT2D eigenvalue weighted by Crippen LogP contribution is -2.00. The Labute approximate surface area is 352 Å². The number of benzene rings is 8. The molecule has 6 nitrogen and oxygen atoms in total. The molecule has 11 rings (SSSR count). The van der Waals surface area contributed by atoms with E-state index in [1.165, 1.54) is 0 Å². The first-order chi connectivity index (χ1) is 30.2. The molecule has 0 aliphatic rings. The number of furan rings is 1. The average molecular weight is 782 g/mol. The molecule has 0 atom stereocenters. The molecule has 8 aromatic carbocycles. The topological polar surface area (TPSA) is 77.6 Å². The Hall–Kier alpha value is -8.35. The van der Waals surface area contributed by atoms with Crippen LogP contribution in [0, 0.1) is 0 Å². The SMILES string of the molecule is c1ccc(-c2ccc(-c3nc(-c4ccccc4)nc(-c4cccc(-c5cccc(-c6cc(-c7ccccc7)nc(-c7ccc8c(c7)oc7ccccc78)n6)c5)c4)n3)cc2)cc1. The standard InChI is InChI=1S/C55H35N5O/c1-4-14-36(15-5-1)37-26-28-40(29-27-37)53-58-52(39-18-8-3-9-19-39)59-55(60-53)44-23-13-21-42(33-44)41-20-12-22-43(32-41)49-35-48(38-16-6-2-7-17-38)56-54(57-49)45-30-31-47-46-24-10-11-25-50(46)61-51(47)34-45/h1-35H. The molecule has 0 saturated heterocycles. The Morgan fingerprint density at radius 1 is 0.230 bits per heavy atom. The third-order valence-electron chi connectivity index (χ3n) is 11.0. The van der Waals surface area contributed by atoms with Gasteiger partial charge in [0.1, 0.15) is 11.2 Å². The Morgan fingerprint density at radius 2 is 0.639 bits per heavy atom. The van der Waals surface area contributed by atoms with Gasteiger partial charge >= 0.3 is 0 Å². The van der Waals surface area contributed by atoms with Crippen LogP contribution in [-0.4, -0.2) is 24.9 Å². The quantitative estimate of drug-likeness (QED) is 0.153. The van der Waals surface area contributed by atoms with Crippen molar-refractivity contribution in [3.63, 3.8) is 0 Å². The van der Waals surface area contributed by atoms with Crippen LogP contribution in [0.2, 0.25) is 0 Å². The number of aromatic nitrogens is 5. The zero-order valence-corrected chi connectivity index (χ0v) is 32.9. The lowest BCUT2D eigenvalue weighted by atomic mass is 9.99. The van der Waals surface area contributed by atoms with Gasteiger partial charge in [-0.3, -0.25) is 0 Å². The van der Waals surface area contributed by atoms with Crippen molar-refractivity contribution in [2.75, 3.05) is 0 Å². The van der Waals surface area contributed by atoms with Crippen LogP contribution in [0.4, 0.5) is 0 Å². The first-order valence-corrected chi connectivity index (χ1v) is 20.2. The van der Waals surface area contributed by atoms with Crippen LogP contribution < -0.4 is 0 Å². The molecule has 286 valence electrons. The summed E-state index contributed by atoms with van der Waals surface area (Å²) in [6.07, 6.45) is 0. The van der Waals surface area contributed by atoms with E-state index in [2.05, 4.69) is 133 Å². The number of nitrogens with zero attached hydrogens (tertiary/aromatic N) is 5. The van der Waals surface area contributed by atoms with Crippen molar-refractivity contribution in [2.24, 2.45) is 0 Å². The largest absolute Gasteiger partial charge is 0.456 e. The molecule has 0 unspecified atom stereocenters. The van der Waals surface area contributed by atoms with Crippen LogP contribution in [0.25, 0.3) is 112 Å². The second-order valence-electron chi connectivity index (χ2n) is 14.9. The summed E-state index contributed by atoms with van der Waals surface area (Å²) < 4.78 is 6.26. The summed E-state index contributed by atoms with van der Waals surface area (Å²) in [5, 5.41) is 2.15. The fourth-order valence-electron chi connectivity index (χ4n) is 7.83. The minimum Gasteiger partial charge on any atom is -0.456 e. The van der Waals surface area contributed by atoms with E-state index in [0.717, 1.165) is 89.0 Å². The summed E-state index contributed by atoms with van der Waals surface area (Å²) in [6, 6.07) is 72.3. The van der Waals surface area contributed by atoms with Crippen molar-refractivity contribution in [3.05, 3.63) is 212 Å². The summed E-state index contributed by atoms with van der Waals surface area (Å²) in [5.74, 6) is 2.46. The molecule has 0 radical (unpaired) electrons. The van der Waals surface area contributed by atoms with E-state index >= 15 is 0 Å². The highest BCUT2D eigenvalue weighted by atomic mass is 16.3. The third kappa shape index (κ3) is 7.13. The number of rotatable bonds is 8. The van der Waals surface area contributed by atoms with Crippen molar-refractivity contribution in [1.82, 2.24) is 24.9 Å². The summed E-state index contributed by atoms with van der Waals surface area (Å²) >= 11 is 0. The molecular formula is C55H35N5O. The van der Waals surface area contributed by atoms with Crippen molar-refractivity contribution < 1.29 is 4.42 Å². The van der Waals surface area contributed by atoms with Gasteiger partial charge in [0.15, 0.2) is 23.3 Å². The monoisotopic (exact) mass is 781 g/mol. The van der Waals surface area contributed by atoms with E-state index in [1.807, 2.05) is 78.9 Å². The van der Waals surface area contributed by atoms with E-state index in [-0.39, 0.29) is 0 Å². The van der Waals surface area contributed by atoms with Crippen molar-refractivity contribution in [2.45, 2.75) is 0 Å². The average Bonchev–Trinajstić information content (AvgIpc) is 3.73. The Kier molecular flexibility index (Phi) is 9.06. The van der Waals surface area contributed by atoms with E-state index < -0.39 is 0 Å². The van der Waals surface area contributed by atoms with Gasteiger partial charge in [-0.1, -0.05) is 176 Å². The highest BCUT2D eigenvalue weighted by Crippen LogP contribution is 2.35. The van der Waals surface area contributed by atoms with Gasteiger partial charge in [0.25, 0.3) is 0 Å². The number of hydrogen-bond acceptors (Lipinski definition) is 6. The third-order valence-corrected chi connectivity index (χ3v) is 11.0. The maximum absolute atomic E-state index is 6.26. The molecule has 0 aliphatic carbocycles. The first-order valence-electron chi connectivity index (χ1n) is 20.2. The summed E-state index contributed by atoms with van der Waals surface area (Å²) in [5.41, 5.74) is 13.3. The van der Waals surface area contributed by atoms with E-state index in [9.17, 15) is 0 Å². The predicted molar refractivity (Wildman–Crippen MR) is 246 cm³/mol. The molecule has 3 aromatic heterocycles. The van der Waals surface area contributed by atoms with E-state index in [4.69, 9.17) is 29.3 Å². The van der Waals surface area contributed by atoms with Crippen LogP contribution in [0.1, 0.15) is 0 Å². The van der Waals surface area contributed by atoms with Crippen LogP contribution in [0.15, 0.2) is 217 Å². The van der Waals surface area contributed by atoms with Crippen molar-refractivity contribution in [1.29, 1.82) is 0 Å². The van der Waals surface area contributed by atoms with Gasteiger partial charge in [0.2, 0.25) is 0 Å². The maximum Gasteiger partial charge on any atom is 0.164 e. The smallest absolute Gasteiger partial charge is 0.164 e. The van der Waals surface area contributed by atoms with E-state index in [1.54, 1.807) is 0 Å². The van der Waals surface area contributed by atoms with Gasteiger partial charge in [-0.2, -0.15) is 0 Å².